The fourth-order valence-corrected chi connectivity index (χ4v) is 2.90. The summed E-state index contributed by atoms with van der Waals surface area (Å²) in [6.07, 6.45) is 3.99. The molecule has 5 heteroatoms. The van der Waals surface area contributed by atoms with Crippen LogP contribution in [0.1, 0.15) is 31.2 Å². The number of benzene rings is 1. The number of likely N-dealkylation sites (tertiary alicyclic amines) is 1. The monoisotopic (exact) mass is 340 g/mol. The molecule has 1 aromatic rings. The van der Waals surface area contributed by atoms with Crippen LogP contribution in [0.2, 0.25) is 0 Å². The van der Waals surface area contributed by atoms with Crippen LogP contribution >= 0.6 is 12.4 Å². The minimum atomic E-state index is 0. The fourth-order valence-electron chi connectivity index (χ4n) is 2.90. The lowest BCUT2D eigenvalue weighted by Crippen LogP contribution is -2.39. The first-order chi connectivity index (χ1) is 10.8. The number of halogens is 1. The summed E-state index contributed by atoms with van der Waals surface area (Å²) in [7, 11) is 1.99. The van der Waals surface area contributed by atoms with Gasteiger partial charge in [-0.05, 0) is 44.3 Å². The molecule has 1 fully saturated rings. The van der Waals surface area contributed by atoms with E-state index in [1.807, 2.05) is 42.3 Å². The summed E-state index contributed by atoms with van der Waals surface area (Å²) in [6.45, 7) is 3.98. The van der Waals surface area contributed by atoms with Crippen LogP contribution in [-0.4, -0.2) is 44.1 Å². The maximum absolute atomic E-state index is 12.2. The van der Waals surface area contributed by atoms with Gasteiger partial charge in [0.05, 0.1) is 19.6 Å². The number of carbonyl (C=O) groups is 1. The number of carbonyl (C=O) groups excluding carboxylic acids is 1. The Labute approximate surface area is 146 Å². The quantitative estimate of drug-likeness (QED) is 0.740. The average Bonchev–Trinajstić information content (AvgIpc) is 2.58. The summed E-state index contributed by atoms with van der Waals surface area (Å²) >= 11 is 0. The van der Waals surface area contributed by atoms with E-state index in [-0.39, 0.29) is 18.3 Å². The smallest absolute Gasteiger partial charge is 0.224 e. The van der Waals surface area contributed by atoms with Crippen molar-refractivity contribution in [3.8, 4) is 0 Å². The highest BCUT2D eigenvalue weighted by Crippen LogP contribution is 2.20. The van der Waals surface area contributed by atoms with Crippen LogP contribution in [0.5, 0.6) is 0 Å². The zero-order valence-electron chi connectivity index (χ0n) is 14.0. The fraction of sp³-hybridized carbons (Fsp3) is 0.611. The second-order valence-corrected chi connectivity index (χ2v) is 6.00. The van der Waals surface area contributed by atoms with E-state index < -0.39 is 0 Å². The van der Waals surface area contributed by atoms with Crippen molar-refractivity contribution in [1.29, 1.82) is 0 Å². The number of nitrogens with one attached hydrogen (secondary N) is 1. The van der Waals surface area contributed by atoms with E-state index in [1.165, 1.54) is 6.42 Å². The predicted molar refractivity (Wildman–Crippen MR) is 95.8 cm³/mol. The van der Waals surface area contributed by atoms with Crippen molar-refractivity contribution in [2.45, 2.75) is 32.3 Å². The number of hydrogen-bond donors (Lipinski definition) is 1. The van der Waals surface area contributed by atoms with E-state index >= 15 is 0 Å². The molecule has 2 rings (SSSR count). The molecule has 0 saturated carbocycles. The standard InChI is InChI=1S/C18H28N2O2.ClH/c1-19-11-7-16-8-12-20(13-9-16)18(21)10-14-22-15-17-5-3-2-4-6-17;/h2-6,16,19H,7-15H2,1H3;1H. The molecule has 1 N–H and O–H groups in total. The lowest BCUT2D eigenvalue weighted by atomic mass is 9.93. The van der Waals surface area contributed by atoms with Crippen LogP contribution in [-0.2, 0) is 16.1 Å². The number of hydrogen-bond acceptors (Lipinski definition) is 3. The van der Waals surface area contributed by atoms with Gasteiger partial charge in [-0.1, -0.05) is 30.3 Å². The summed E-state index contributed by atoms with van der Waals surface area (Å²) in [5.41, 5.74) is 1.15. The van der Waals surface area contributed by atoms with Gasteiger partial charge in [0.15, 0.2) is 0 Å². The first-order valence-corrected chi connectivity index (χ1v) is 8.33. The third-order valence-corrected chi connectivity index (χ3v) is 4.34. The summed E-state index contributed by atoms with van der Waals surface area (Å²) < 4.78 is 5.60. The van der Waals surface area contributed by atoms with Gasteiger partial charge in [0, 0.05) is 13.1 Å². The Bertz CT molecular complexity index is 434. The van der Waals surface area contributed by atoms with Crippen molar-refractivity contribution < 1.29 is 9.53 Å². The highest BCUT2D eigenvalue weighted by Gasteiger charge is 2.21. The zero-order valence-corrected chi connectivity index (χ0v) is 14.8. The average molecular weight is 341 g/mol. The number of ether oxygens (including phenoxy) is 1. The van der Waals surface area contributed by atoms with Gasteiger partial charge in [-0.25, -0.2) is 0 Å². The molecule has 0 atom stereocenters. The van der Waals surface area contributed by atoms with Crippen molar-refractivity contribution >= 4 is 18.3 Å². The van der Waals surface area contributed by atoms with E-state index in [0.29, 0.717) is 19.6 Å². The number of piperidine rings is 1. The van der Waals surface area contributed by atoms with Crippen molar-refractivity contribution in [1.82, 2.24) is 10.2 Å². The molecule has 1 aromatic carbocycles. The van der Waals surface area contributed by atoms with Gasteiger partial charge in [-0.15, -0.1) is 12.4 Å². The highest BCUT2D eigenvalue weighted by molar-refractivity contribution is 5.85. The largest absolute Gasteiger partial charge is 0.376 e. The molecule has 130 valence electrons. The van der Waals surface area contributed by atoms with E-state index in [9.17, 15) is 4.79 Å². The Hall–Kier alpha value is -1.10. The van der Waals surface area contributed by atoms with Crippen LogP contribution in [0.4, 0.5) is 0 Å². The third kappa shape index (κ3) is 7.34. The molecule has 1 saturated heterocycles. The van der Waals surface area contributed by atoms with Crippen LogP contribution in [0.15, 0.2) is 30.3 Å². The van der Waals surface area contributed by atoms with Crippen molar-refractivity contribution in [2.75, 3.05) is 33.3 Å². The Morgan fingerprint density at radius 1 is 1.26 bits per heavy atom. The first kappa shape index (κ1) is 19.9. The molecule has 0 bridgehead atoms. The van der Waals surface area contributed by atoms with Gasteiger partial charge in [0.25, 0.3) is 0 Å². The first-order valence-electron chi connectivity index (χ1n) is 8.33. The van der Waals surface area contributed by atoms with E-state index in [2.05, 4.69) is 5.32 Å². The van der Waals surface area contributed by atoms with Gasteiger partial charge in [-0.3, -0.25) is 4.79 Å². The van der Waals surface area contributed by atoms with Gasteiger partial charge in [0.1, 0.15) is 0 Å². The number of rotatable bonds is 8. The van der Waals surface area contributed by atoms with Crippen molar-refractivity contribution in [2.24, 2.45) is 5.92 Å². The second-order valence-electron chi connectivity index (χ2n) is 6.00. The summed E-state index contributed by atoms with van der Waals surface area (Å²) in [5, 5.41) is 3.20. The third-order valence-electron chi connectivity index (χ3n) is 4.34. The Morgan fingerprint density at radius 2 is 1.96 bits per heavy atom. The number of amides is 1. The lowest BCUT2D eigenvalue weighted by Gasteiger charge is -2.32. The Balaban J connectivity index is 0.00000264. The Kier molecular flexibility index (Phi) is 9.92. The van der Waals surface area contributed by atoms with E-state index in [4.69, 9.17) is 4.74 Å². The van der Waals surface area contributed by atoms with Crippen molar-refractivity contribution in [3.63, 3.8) is 0 Å². The molecule has 0 unspecified atom stereocenters. The van der Waals surface area contributed by atoms with E-state index in [0.717, 1.165) is 44.0 Å². The topological polar surface area (TPSA) is 41.6 Å². The molecule has 0 aromatic heterocycles. The van der Waals surface area contributed by atoms with Crippen LogP contribution < -0.4 is 5.32 Å². The Morgan fingerprint density at radius 3 is 2.61 bits per heavy atom. The van der Waals surface area contributed by atoms with E-state index in [1.54, 1.807) is 0 Å². The second kappa shape index (κ2) is 11.4. The maximum Gasteiger partial charge on any atom is 0.224 e. The highest BCUT2D eigenvalue weighted by atomic mass is 35.5. The molecule has 1 aliphatic rings. The zero-order chi connectivity index (χ0) is 15.6. The summed E-state index contributed by atoms with van der Waals surface area (Å²) in [5.74, 6) is 1.01. The van der Waals surface area contributed by atoms with Gasteiger partial charge < -0.3 is 15.0 Å². The minimum absolute atomic E-state index is 0. The molecule has 0 aliphatic carbocycles. The summed E-state index contributed by atoms with van der Waals surface area (Å²) in [6, 6.07) is 10.1. The summed E-state index contributed by atoms with van der Waals surface area (Å²) in [4.78, 5) is 14.2. The van der Waals surface area contributed by atoms with Crippen LogP contribution in [0, 0.1) is 5.92 Å². The van der Waals surface area contributed by atoms with Gasteiger partial charge in [0.2, 0.25) is 5.91 Å². The normalized spacial score (nSPS) is 15.3. The molecular formula is C18H29ClN2O2. The molecular weight excluding hydrogens is 312 g/mol. The molecule has 0 radical (unpaired) electrons. The molecule has 23 heavy (non-hydrogen) atoms. The van der Waals surface area contributed by atoms with Gasteiger partial charge in [-0.2, -0.15) is 0 Å². The molecule has 1 aliphatic heterocycles. The predicted octanol–water partition coefficient (Wildman–Crippen LogP) is 2.86. The van der Waals surface area contributed by atoms with Crippen LogP contribution in [0.25, 0.3) is 0 Å². The lowest BCUT2D eigenvalue weighted by molar-refractivity contribution is -0.133. The van der Waals surface area contributed by atoms with Crippen LogP contribution in [0.3, 0.4) is 0 Å². The molecule has 1 heterocycles. The number of nitrogens with zero attached hydrogens (tertiary/aromatic N) is 1. The van der Waals surface area contributed by atoms with Gasteiger partial charge >= 0.3 is 0 Å². The minimum Gasteiger partial charge on any atom is -0.376 e. The molecule has 1 amide bonds. The maximum atomic E-state index is 12.2. The van der Waals surface area contributed by atoms with Crippen molar-refractivity contribution in [3.05, 3.63) is 35.9 Å². The molecule has 4 nitrogen and oxygen atoms in total. The molecule has 0 spiro atoms. The SMILES string of the molecule is CNCCC1CCN(C(=O)CCOCc2ccccc2)CC1.Cl.